The molecule has 0 saturated heterocycles. The first-order valence-electron chi connectivity index (χ1n) is 10.1. The maximum Gasteiger partial charge on any atom is 0.264 e. The zero-order chi connectivity index (χ0) is 25.1. The van der Waals surface area contributed by atoms with E-state index < -0.39 is 15.6 Å². The second kappa shape index (κ2) is 8.41. The Hall–Kier alpha value is -3.32. The fourth-order valence-corrected chi connectivity index (χ4v) is 5.10. The molecule has 0 aliphatic carbocycles. The van der Waals surface area contributed by atoms with Crippen LogP contribution in [0.4, 0.5) is 5.82 Å². The minimum Gasteiger partial charge on any atom is -0.454 e. The molecule has 0 unspecified atom stereocenters. The lowest BCUT2D eigenvalue weighted by atomic mass is 10.1. The number of hydrogen-bond donors (Lipinski definition) is 2. The number of ether oxygens (including phenoxy) is 2. The van der Waals surface area contributed by atoms with Gasteiger partial charge in [0.25, 0.3) is 5.56 Å². The molecule has 14 heteroatoms. The van der Waals surface area contributed by atoms with Gasteiger partial charge in [0.1, 0.15) is 16.9 Å². The van der Waals surface area contributed by atoms with E-state index in [1.807, 2.05) is 12.1 Å². The number of H-pyrrole nitrogens is 1. The number of anilines is 1. The highest BCUT2D eigenvalue weighted by Gasteiger charge is 2.24. The molecule has 1 aliphatic rings. The number of halogens is 2. The molecule has 0 spiro atoms. The second-order valence-electron chi connectivity index (χ2n) is 7.99. The normalized spacial score (nSPS) is 12.9. The molecule has 0 saturated carbocycles. The molecule has 4 aromatic rings. The van der Waals surface area contributed by atoms with E-state index in [-0.39, 0.29) is 44.9 Å². The zero-order valence-electron chi connectivity index (χ0n) is 18.4. The number of primary sulfonamides is 1. The first kappa shape index (κ1) is 23.4. The van der Waals surface area contributed by atoms with Crippen molar-refractivity contribution in [1.82, 2.24) is 19.7 Å². The highest BCUT2D eigenvalue weighted by molar-refractivity contribution is 7.89. The Morgan fingerprint density at radius 3 is 2.49 bits per heavy atom. The van der Waals surface area contributed by atoms with Gasteiger partial charge in [0, 0.05) is 20.5 Å². The van der Waals surface area contributed by atoms with Gasteiger partial charge in [0.15, 0.2) is 23.0 Å². The van der Waals surface area contributed by atoms with Crippen LogP contribution in [0.3, 0.4) is 0 Å². The van der Waals surface area contributed by atoms with E-state index in [9.17, 15) is 13.2 Å². The number of aromatic nitrogens is 4. The lowest BCUT2D eigenvalue weighted by molar-refractivity contribution is 0.174. The molecule has 11 nitrogen and oxygen atoms in total. The molecule has 0 fully saturated rings. The Labute approximate surface area is 209 Å². The number of benzene rings is 2. The summed E-state index contributed by atoms with van der Waals surface area (Å²) >= 11 is 12.8. The van der Waals surface area contributed by atoms with Gasteiger partial charge < -0.3 is 19.4 Å². The van der Waals surface area contributed by atoms with E-state index in [2.05, 4.69) is 15.1 Å². The molecule has 182 valence electrons. The average molecular weight is 537 g/mol. The predicted molar refractivity (Wildman–Crippen MR) is 131 cm³/mol. The standard InChI is InChI=1S/C21H18Cl2N6O5S/c1-28(2)20-17-19(29(27-20)18-12(22)7-11(8-13(18)23)35(24,31)32)25-16(26-21(17)30)6-10-3-4-14-15(5-10)34-9-33-14/h3-5,7-8H,6,9H2,1-2H3,(H2,24,31,32)(H,25,26,30). The summed E-state index contributed by atoms with van der Waals surface area (Å²) in [6.45, 7) is 0.151. The molecular weight excluding hydrogens is 519 g/mol. The predicted octanol–water partition coefficient (Wildman–Crippen LogP) is 2.45. The number of sulfonamides is 1. The van der Waals surface area contributed by atoms with Crippen LogP contribution >= 0.6 is 23.2 Å². The second-order valence-corrected chi connectivity index (χ2v) is 10.4. The quantitative estimate of drug-likeness (QED) is 0.395. The van der Waals surface area contributed by atoms with E-state index in [1.165, 1.54) is 16.8 Å². The molecule has 3 N–H and O–H groups in total. The average Bonchev–Trinajstić information content (AvgIpc) is 3.37. The maximum absolute atomic E-state index is 13.1. The van der Waals surface area contributed by atoms with Crippen LogP contribution < -0.4 is 25.1 Å². The SMILES string of the molecule is CN(C)c1nn(-c2c(Cl)cc(S(N)(=O)=O)cc2Cl)c2nc(Cc3ccc4c(c3)OCO4)[nH]c(=O)c12. The molecule has 3 heterocycles. The Morgan fingerprint density at radius 1 is 1.14 bits per heavy atom. The molecule has 0 radical (unpaired) electrons. The summed E-state index contributed by atoms with van der Waals surface area (Å²) in [5, 5.41) is 9.87. The highest BCUT2D eigenvalue weighted by Crippen LogP contribution is 2.35. The number of nitrogens with two attached hydrogens (primary N) is 1. The summed E-state index contributed by atoms with van der Waals surface area (Å²) in [5.74, 6) is 1.94. The summed E-state index contributed by atoms with van der Waals surface area (Å²) in [6.07, 6.45) is 0.288. The molecule has 2 aromatic carbocycles. The molecule has 0 bridgehead atoms. The van der Waals surface area contributed by atoms with Gasteiger partial charge in [0.2, 0.25) is 16.8 Å². The fraction of sp³-hybridized carbons (Fsp3) is 0.190. The number of fused-ring (bicyclic) bond motifs is 2. The minimum absolute atomic E-state index is 0.0318. The van der Waals surface area contributed by atoms with Crippen molar-refractivity contribution >= 4 is 50.1 Å². The third-order valence-electron chi connectivity index (χ3n) is 5.33. The first-order chi connectivity index (χ1) is 16.5. The minimum atomic E-state index is -4.05. The lowest BCUT2D eigenvalue weighted by Crippen LogP contribution is -2.16. The number of hydrogen-bond acceptors (Lipinski definition) is 8. The summed E-state index contributed by atoms with van der Waals surface area (Å²) < 4.78 is 35.6. The van der Waals surface area contributed by atoms with Crippen molar-refractivity contribution in [2.24, 2.45) is 5.14 Å². The monoisotopic (exact) mass is 536 g/mol. The van der Waals surface area contributed by atoms with Crippen molar-refractivity contribution in [3.05, 3.63) is 62.1 Å². The maximum atomic E-state index is 13.1. The van der Waals surface area contributed by atoms with Gasteiger partial charge in [-0.05, 0) is 29.8 Å². The van der Waals surface area contributed by atoms with E-state index in [4.69, 9.17) is 37.8 Å². The number of aromatic amines is 1. The van der Waals surface area contributed by atoms with Crippen LogP contribution in [0.2, 0.25) is 10.0 Å². The van der Waals surface area contributed by atoms with E-state index in [0.29, 0.717) is 23.1 Å². The van der Waals surface area contributed by atoms with Crippen LogP contribution in [0.15, 0.2) is 40.0 Å². The molecule has 35 heavy (non-hydrogen) atoms. The lowest BCUT2D eigenvalue weighted by Gasteiger charge is -2.11. The van der Waals surface area contributed by atoms with Gasteiger partial charge in [-0.2, -0.15) is 0 Å². The Kier molecular flexibility index (Phi) is 5.63. The van der Waals surface area contributed by atoms with Gasteiger partial charge >= 0.3 is 0 Å². The van der Waals surface area contributed by atoms with Crippen LogP contribution in [-0.2, 0) is 16.4 Å². The van der Waals surface area contributed by atoms with Gasteiger partial charge in [0.05, 0.1) is 14.9 Å². The summed E-state index contributed by atoms with van der Waals surface area (Å²) in [7, 11) is -0.603. The Morgan fingerprint density at radius 2 is 1.83 bits per heavy atom. The first-order valence-corrected chi connectivity index (χ1v) is 12.4. The number of nitrogens with one attached hydrogen (secondary N) is 1. The highest BCUT2D eigenvalue weighted by atomic mass is 35.5. The summed E-state index contributed by atoms with van der Waals surface area (Å²) in [4.78, 5) is 22.0. The van der Waals surface area contributed by atoms with Gasteiger partial charge in [-0.15, -0.1) is 5.10 Å². The summed E-state index contributed by atoms with van der Waals surface area (Å²) in [5.41, 5.74) is 0.782. The smallest absolute Gasteiger partial charge is 0.264 e. The zero-order valence-corrected chi connectivity index (χ0v) is 20.7. The van der Waals surface area contributed by atoms with Gasteiger partial charge in [-0.3, -0.25) is 4.79 Å². The molecule has 0 amide bonds. The van der Waals surface area contributed by atoms with Crippen molar-refractivity contribution in [2.45, 2.75) is 11.3 Å². The number of rotatable bonds is 5. The molecule has 2 aromatic heterocycles. The summed E-state index contributed by atoms with van der Waals surface area (Å²) in [6, 6.07) is 7.79. The van der Waals surface area contributed by atoms with Crippen LogP contribution in [0.5, 0.6) is 11.5 Å². The molecule has 5 rings (SSSR count). The van der Waals surface area contributed by atoms with Crippen molar-refractivity contribution in [1.29, 1.82) is 0 Å². The van der Waals surface area contributed by atoms with Crippen LogP contribution in [0.1, 0.15) is 11.4 Å². The van der Waals surface area contributed by atoms with Crippen LogP contribution in [0, 0.1) is 0 Å². The third-order valence-corrected chi connectivity index (χ3v) is 6.80. The van der Waals surface area contributed by atoms with Crippen LogP contribution in [-0.4, -0.2) is 49.1 Å². The van der Waals surface area contributed by atoms with Crippen molar-refractivity contribution < 1.29 is 17.9 Å². The third kappa shape index (κ3) is 4.18. The largest absolute Gasteiger partial charge is 0.454 e. The van der Waals surface area contributed by atoms with Crippen molar-refractivity contribution in [3.8, 4) is 17.2 Å². The molecular formula is C21H18Cl2N6O5S. The Bertz CT molecular complexity index is 1640. The number of nitrogens with zero attached hydrogens (tertiary/aromatic N) is 4. The molecule has 1 aliphatic heterocycles. The van der Waals surface area contributed by atoms with Crippen LogP contribution in [0.25, 0.3) is 16.7 Å². The fourth-order valence-electron chi connectivity index (χ4n) is 3.76. The Balaban J connectivity index is 1.69. The molecule has 0 atom stereocenters. The van der Waals surface area contributed by atoms with E-state index >= 15 is 0 Å². The van der Waals surface area contributed by atoms with E-state index in [1.54, 1.807) is 25.1 Å². The van der Waals surface area contributed by atoms with E-state index in [0.717, 1.165) is 5.56 Å². The van der Waals surface area contributed by atoms with Gasteiger partial charge in [-0.1, -0.05) is 29.3 Å². The van der Waals surface area contributed by atoms with Crippen molar-refractivity contribution in [2.75, 3.05) is 25.8 Å². The topological polar surface area (TPSA) is 145 Å². The van der Waals surface area contributed by atoms with Crippen molar-refractivity contribution in [3.63, 3.8) is 0 Å². The van der Waals surface area contributed by atoms with Gasteiger partial charge in [-0.25, -0.2) is 23.2 Å².